The minimum absolute atomic E-state index is 0.199. The lowest BCUT2D eigenvalue weighted by molar-refractivity contribution is -0.117. The number of anilines is 1. The minimum Gasteiger partial charge on any atom is -0.369 e. The summed E-state index contributed by atoms with van der Waals surface area (Å²) in [5, 5.41) is 2.74. The summed E-state index contributed by atoms with van der Waals surface area (Å²) >= 11 is 0. The van der Waals surface area contributed by atoms with Crippen molar-refractivity contribution in [2.45, 2.75) is 6.42 Å². The van der Waals surface area contributed by atoms with Crippen LogP contribution in [0.15, 0.2) is 42.6 Å². The zero-order chi connectivity index (χ0) is 13.0. The number of amides is 2. The average molecular weight is 243 g/mol. The normalized spacial score (nSPS) is 10.0. The fourth-order valence-corrected chi connectivity index (χ4v) is 1.58. The third kappa shape index (κ3) is 2.98. The molecule has 0 radical (unpaired) electrons. The Morgan fingerprint density at radius 1 is 1.17 bits per heavy atom. The average Bonchev–Trinajstić information content (AvgIpc) is 2.84. The first kappa shape index (κ1) is 11.9. The van der Waals surface area contributed by atoms with Crippen LogP contribution in [0.4, 0.5) is 5.69 Å². The van der Waals surface area contributed by atoms with Gasteiger partial charge in [0.05, 0.1) is 6.42 Å². The van der Waals surface area contributed by atoms with Gasteiger partial charge in [-0.15, -0.1) is 0 Å². The lowest BCUT2D eigenvalue weighted by atomic mass is 10.1. The van der Waals surface area contributed by atoms with Gasteiger partial charge in [-0.25, -0.2) is 0 Å². The second kappa shape index (κ2) is 5.18. The largest absolute Gasteiger partial charge is 0.369 e. The van der Waals surface area contributed by atoms with Gasteiger partial charge in [-0.05, 0) is 29.8 Å². The van der Waals surface area contributed by atoms with Crippen LogP contribution in [0.1, 0.15) is 16.1 Å². The number of H-pyrrole nitrogens is 1. The van der Waals surface area contributed by atoms with E-state index in [1.54, 1.807) is 42.6 Å². The highest BCUT2D eigenvalue weighted by molar-refractivity contribution is 6.02. The van der Waals surface area contributed by atoms with E-state index in [0.717, 1.165) is 5.56 Å². The molecule has 0 fully saturated rings. The standard InChI is InChI=1S/C13H13N3O2/c14-12(17)8-9-3-5-10(6-4-9)16-13(18)11-2-1-7-15-11/h1-7,15H,8H2,(H2,14,17)(H,16,18). The number of carbonyl (C=O) groups excluding carboxylic acids is 2. The Hall–Kier alpha value is -2.56. The Morgan fingerprint density at radius 3 is 2.44 bits per heavy atom. The number of nitrogens with two attached hydrogens (primary N) is 1. The van der Waals surface area contributed by atoms with Gasteiger partial charge in [-0.1, -0.05) is 12.1 Å². The number of aromatic nitrogens is 1. The fraction of sp³-hybridized carbons (Fsp3) is 0.0769. The van der Waals surface area contributed by atoms with Crippen LogP contribution in [0.5, 0.6) is 0 Å². The van der Waals surface area contributed by atoms with E-state index in [4.69, 9.17) is 5.73 Å². The molecule has 0 unspecified atom stereocenters. The number of rotatable bonds is 4. The van der Waals surface area contributed by atoms with E-state index in [1.807, 2.05) is 0 Å². The molecule has 0 bridgehead atoms. The molecule has 1 heterocycles. The number of nitrogens with one attached hydrogen (secondary N) is 2. The van der Waals surface area contributed by atoms with Crippen molar-refractivity contribution in [1.82, 2.24) is 4.98 Å². The molecule has 0 aliphatic rings. The van der Waals surface area contributed by atoms with Gasteiger partial charge in [0, 0.05) is 11.9 Å². The van der Waals surface area contributed by atoms with Crippen molar-refractivity contribution in [3.8, 4) is 0 Å². The highest BCUT2D eigenvalue weighted by Gasteiger charge is 2.06. The Balaban J connectivity index is 2.02. The van der Waals surface area contributed by atoms with Crippen molar-refractivity contribution in [3.63, 3.8) is 0 Å². The van der Waals surface area contributed by atoms with E-state index in [0.29, 0.717) is 11.4 Å². The molecule has 1 aromatic heterocycles. The second-order valence-electron chi connectivity index (χ2n) is 3.88. The number of carbonyl (C=O) groups is 2. The predicted octanol–water partition coefficient (Wildman–Crippen LogP) is 1.29. The summed E-state index contributed by atoms with van der Waals surface area (Å²) in [4.78, 5) is 25.3. The molecule has 0 spiro atoms. The third-order valence-electron chi connectivity index (χ3n) is 2.43. The van der Waals surface area contributed by atoms with Crippen molar-refractivity contribution < 1.29 is 9.59 Å². The molecule has 92 valence electrons. The summed E-state index contributed by atoms with van der Waals surface area (Å²) in [5.41, 5.74) is 7.08. The molecule has 1 aromatic carbocycles. The summed E-state index contributed by atoms with van der Waals surface area (Å²) in [7, 11) is 0. The molecule has 5 nitrogen and oxygen atoms in total. The monoisotopic (exact) mass is 243 g/mol. The summed E-state index contributed by atoms with van der Waals surface area (Å²) in [5.74, 6) is -0.583. The molecule has 0 atom stereocenters. The molecule has 0 aliphatic heterocycles. The fourth-order valence-electron chi connectivity index (χ4n) is 1.58. The first-order valence-corrected chi connectivity index (χ1v) is 5.47. The quantitative estimate of drug-likeness (QED) is 0.755. The zero-order valence-corrected chi connectivity index (χ0v) is 9.64. The second-order valence-corrected chi connectivity index (χ2v) is 3.88. The summed E-state index contributed by atoms with van der Waals surface area (Å²) in [6, 6.07) is 10.4. The van der Waals surface area contributed by atoms with Crippen molar-refractivity contribution in [2.24, 2.45) is 5.73 Å². The van der Waals surface area contributed by atoms with Crippen molar-refractivity contribution in [3.05, 3.63) is 53.9 Å². The van der Waals surface area contributed by atoms with Crippen molar-refractivity contribution >= 4 is 17.5 Å². The molecule has 2 rings (SSSR count). The third-order valence-corrected chi connectivity index (χ3v) is 2.43. The lowest BCUT2D eigenvalue weighted by Gasteiger charge is -2.04. The topological polar surface area (TPSA) is 88.0 Å². The van der Waals surface area contributed by atoms with Gasteiger partial charge < -0.3 is 16.0 Å². The van der Waals surface area contributed by atoms with Crippen LogP contribution in [0.2, 0.25) is 0 Å². The van der Waals surface area contributed by atoms with Gasteiger partial charge >= 0.3 is 0 Å². The van der Waals surface area contributed by atoms with Gasteiger partial charge in [0.25, 0.3) is 5.91 Å². The first-order chi connectivity index (χ1) is 8.65. The molecular weight excluding hydrogens is 230 g/mol. The highest BCUT2D eigenvalue weighted by atomic mass is 16.2. The SMILES string of the molecule is NC(=O)Cc1ccc(NC(=O)c2ccc[nH]2)cc1. The molecule has 0 saturated carbocycles. The Kier molecular flexibility index (Phi) is 3.43. The van der Waals surface area contributed by atoms with E-state index >= 15 is 0 Å². The predicted molar refractivity (Wildman–Crippen MR) is 68.1 cm³/mol. The maximum Gasteiger partial charge on any atom is 0.272 e. The number of hydrogen-bond acceptors (Lipinski definition) is 2. The van der Waals surface area contributed by atoms with E-state index in [1.165, 1.54) is 0 Å². The van der Waals surface area contributed by atoms with Crippen LogP contribution < -0.4 is 11.1 Å². The zero-order valence-electron chi connectivity index (χ0n) is 9.64. The molecule has 2 amide bonds. The van der Waals surface area contributed by atoms with Gasteiger partial charge in [0.15, 0.2) is 0 Å². The summed E-state index contributed by atoms with van der Waals surface area (Å²) in [6.07, 6.45) is 1.88. The molecule has 2 aromatic rings. The molecule has 4 N–H and O–H groups in total. The van der Waals surface area contributed by atoms with E-state index in [-0.39, 0.29) is 18.2 Å². The van der Waals surface area contributed by atoms with E-state index in [9.17, 15) is 9.59 Å². The Bertz CT molecular complexity index is 544. The summed E-state index contributed by atoms with van der Waals surface area (Å²) < 4.78 is 0. The number of hydrogen-bond donors (Lipinski definition) is 3. The number of benzene rings is 1. The maximum atomic E-state index is 11.7. The van der Waals surface area contributed by atoms with Crippen molar-refractivity contribution in [1.29, 1.82) is 0 Å². The van der Waals surface area contributed by atoms with Crippen LogP contribution in [-0.2, 0) is 11.2 Å². The van der Waals surface area contributed by atoms with Crippen LogP contribution in [-0.4, -0.2) is 16.8 Å². The molecule has 0 saturated heterocycles. The van der Waals surface area contributed by atoms with Gasteiger partial charge in [-0.2, -0.15) is 0 Å². The van der Waals surface area contributed by atoms with Gasteiger partial charge in [-0.3, -0.25) is 9.59 Å². The number of aromatic amines is 1. The smallest absolute Gasteiger partial charge is 0.272 e. The minimum atomic E-state index is -0.377. The van der Waals surface area contributed by atoms with Gasteiger partial charge in [0.2, 0.25) is 5.91 Å². The Labute approximate surface area is 104 Å². The highest BCUT2D eigenvalue weighted by Crippen LogP contribution is 2.11. The Morgan fingerprint density at radius 2 is 1.89 bits per heavy atom. The molecule has 5 heteroatoms. The number of primary amides is 1. The molecule has 18 heavy (non-hydrogen) atoms. The first-order valence-electron chi connectivity index (χ1n) is 5.47. The van der Waals surface area contributed by atoms with Crippen molar-refractivity contribution in [2.75, 3.05) is 5.32 Å². The molecular formula is C13H13N3O2. The van der Waals surface area contributed by atoms with Crippen LogP contribution in [0.25, 0.3) is 0 Å². The van der Waals surface area contributed by atoms with Crippen LogP contribution in [0, 0.1) is 0 Å². The van der Waals surface area contributed by atoms with Crippen LogP contribution >= 0.6 is 0 Å². The lowest BCUT2D eigenvalue weighted by Crippen LogP contribution is -2.14. The van der Waals surface area contributed by atoms with Gasteiger partial charge in [0.1, 0.15) is 5.69 Å². The summed E-state index contributed by atoms with van der Waals surface area (Å²) in [6.45, 7) is 0. The van der Waals surface area contributed by atoms with E-state index in [2.05, 4.69) is 10.3 Å². The van der Waals surface area contributed by atoms with Crippen LogP contribution in [0.3, 0.4) is 0 Å². The molecule has 0 aliphatic carbocycles. The maximum absolute atomic E-state index is 11.7. The van der Waals surface area contributed by atoms with E-state index < -0.39 is 0 Å².